The summed E-state index contributed by atoms with van der Waals surface area (Å²) in [6, 6.07) is 5.84. The van der Waals surface area contributed by atoms with E-state index < -0.39 is 5.97 Å². The summed E-state index contributed by atoms with van der Waals surface area (Å²) in [5.74, 6) is -1.03. The van der Waals surface area contributed by atoms with E-state index in [0.717, 1.165) is 16.6 Å². The molecule has 0 N–H and O–H groups in total. The van der Waals surface area contributed by atoms with Gasteiger partial charge in [-0.25, -0.2) is 0 Å². The number of aryl methyl sites for hydroxylation is 2. The molecule has 0 atom stereocenters. The molecule has 0 bridgehead atoms. The third-order valence-corrected chi connectivity index (χ3v) is 2.32. The number of carboxylic acids is 1. The molecule has 0 aliphatic heterocycles. The van der Waals surface area contributed by atoms with Crippen molar-refractivity contribution in [3.63, 3.8) is 0 Å². The zero-order valence-electron chi connectivity index (χ0n) is 10.0. The number of carbonyl (C=O) groups excluding carboxylic acids is 1. The quantitative estimate of drug-likeness (QED) is 0.545. The van der Waals surface area contributed by atoms with E-state index in [4.69, 9.17) is 0 Å². The van der Waals surface area contributed by atoms with Gasteiger partial charge in [0.2, 0.25) is 0 Å². The Bertz CT molecular complexity index is 524. The summed E-state index contributed by atoms with van der Waals surface area (Å²) in [7, 11) is 0. The summed E-state index contributed by atoms with van der Waals surface area (Å²) in [6.07, 6.45) is 0.527. The van der Waals surface area contributed by atoms with E-state index in [1.807, 2.05) is 25.1 Å². The predicted molar refractivity (Wildman–Crippen MR) is 56.5 cm³/mol. The van der Waals surface area contributed by atoms with E-state index in [1.54, 1.807) is 0 Å². The minimum Gasteiger partial charge on any atom is -0.550 e. The van der Waals surface area contributed by atoms with Gasteiger partial charge in [-0.05, 0) is 37.5 Å². The SMILES string of the molecule is Cc1ccc2nn(CCCC(=O)[O-])nc2c1.[Na+]. The summed E-state index contributed by atoms with van der Waals surface area (Å²) in [5, 5.41) is 18.8. The zero-order valence-corrected chi connectivity index (χ0v) is 12.0. The van der Waals surface area contributed by atoms with E-state index in [-0.39, 0.29) is 36.0 Å². The van der Waals surface area contributed by atoms with Crippen LogP contribution in [0.1, 0.15) is 18.4 Å². The van der Waals surface area contributed by atoms with Crippen LogP contribution in [0.25, 0.3) is 11.0 Å². The van der Waals surface area contributed by atoms with Crippen LogP contribution in [0, 0.1) is 6.92 Å². The molecule has 0 spiro atoms. The second-order valence-corrected chi connectivity index (χ2v) is 3.76. The molecule has 2 rings (SSSR count). The van der Waals surface area contributed by atoms with Crippen molar-refractivity contribution in [3.8, 4) is 0 Å². The molecule has 1 aromatic carbocycles. The van der Waals surface area contributed by atoms with Crippen molar-refractivity contribution in [2.45, 2.75) is 26.3 Å². The average Bonchev–Trinajstić information content (AvgIpc) is 2.58. The molecule has 0 radical (unpaired) electrons. The second kappa shape index (κ2) is 6.14. The molecule has 0 aliphatic carbocycles. The summed E-state index contributed by atoms with van der Waals surface area (Å²) in [4.78, 5) is 11.8. The fourth-order valence-electron chi connectivity index (χ4n) is 1.53. The fourth-order valence-corrected chi connectivity index (χ4v) is 1.53. The first kappa shape index (κ1) is 14.2. The number of carboxylic acid groups (broad SMARTS) is 1. The van der Waals surface area contributed by atoms with Crippen molar-refractivity contribution in [1.82, 2.24) is 15.0 Å². The number of nitrogens with zero attached hydrogens (tertiary/aromatic N) is 3. The first-order valence-corrected chi connectivity index (χ1v) is 5.16. The smallest absolute Gasteiger partial charge is 0.550 e. The Morgan fingerprint density at radius 3 is 2.76 bits per heavy atom. The van der Waals surface area contributed by atoms with Gasteiger partial charge in [-0.3, -0.25) is 0 Å². The molecular weight excluding hydrogens is 229 g/mol. The number of rotatable bonds is 4. The monoisotopic (exact) mass is 241 g/mol. The van der Waals surface area contributed by atoms with Gasteiger partial charge >= 0.3 is 29.6 Å². The van der Waals surface area contributed by atoms with Gasteiger partial charge in [0.1, 0.15) is 11.0 Å². The molecule has 1 heterocycles. The van der Waals surface area contributed by atoms with Gasteiger partial charge in [-0.15, -0.1) is 0 Å². The Morgan fingerprint density at radius 2 is 2.06 bits per heavy atom. The summed E-state index contributed by atoms with van der Waals surface area (Å²) in [6.45, 7) is 2.50. The molecule has 84 valence electrons. The third-order valence-electron chi connectivity index (χ3n) is 2.32. The van der Waals surface area contributed by atoms with Crippen LogP contribution >= 0.6 is 0 Å². The van der Waals surface area contributed by atoms with Crippen LogP contribution in [0.4, 0.5) is 0 Å². The summed E-state index contributed by atoms with van der Waals surface area (Å²) >= 11 is 0. The number of carbonyl (C=O) groups is 1. The van der Waals surface area contributed by atoms with E-state index in [0.29, 0.717) is 13.0 Å². The fraction of sp³-hybridized carbons (Fsp3) is 0.364. The molecule has 0 unspecified atom stereocenters. The molecule has 1 aromatic heterocycles. The number of hydrogen-bond donors (Lipinski definition) is 0. The molecular formula is C11H12N3NaO2. The van der Waals surface area contributed by atoms with E-state index >= 15 is 0 Å². The van der Waals surface area contributed by atoms with Crippen molar-refractivity contribution in [3.05, 3.63) is 23.8 Å². The Labute approximate surface area is 121 Å². The van der Waals surface area contributed by atoms with E-state index in [2.05, 4.69) is 10.2 Å². The number of benzene rings is 1. The maximum atomic E-state index is 10.2. The molecule has 0 fully saturated rings. The van der Waals surface area contributed by atoms with Gasteiger partial charge in [-0.2, -0.15) is 15.0 Å². The first-order chi connectivity index (χ1) is 7.65. The maximum absolute atomic E-state index is 10.2. The maximum Gasteiger partial charge on any atom is 1.00 e. The van der Waals surface area contributed by atoms with E-state index in [1.165, 1.54) is 4.80 Å². The largest absolute Gasteiger partial charge is 1.00 e. The van der Waals surface area contributed by atoms with Crippen LogP contribution < -0.4 is 34.7 Å². The van der Waals surface area contributed by atoms with Gasteiger partial charge in [0.15, 0.2) is 0 Å². The predicted octanol–water partition coefficient (Wildman–Crippen LogP) is -2.73. The normalized spacial score (nSPS) is 10.2. The first-order valence-electron chi connectivity index (χ1n) is 5.16. The molecule has 6 heteroatoms. The molecule has 0 amide bonds. The van der Waals surface area contributed by atoms with Gasteiger partial charge in [0.05, 0.1) is 6.54 Å². The number of fused-ring (bicyclic) bond motifs is 1. The molecule has 2 aromatic rings. The van der Waals surface area contributed by atoms with Gasteiger partial charge in [0, 0.05) is 5.97 Å². The van der Waals surface area contributed by atoms with Crippen molar-refractivity contribution < 1.29 is 39.5 Å². The molecule has 0 saturated heterocycles. The minimum atomic E-state index is -1.03. The van der Waals surface area contributed by atoms with Crippen molar-refractivity contribution >= 4 is 17.0 Å². The minimum absolute atomic E-state index is 0. The Balaban J connectivity index is 0.00000144. The van der Waals surface area contributed by atoms with Gasteiger partial charge < -0.3 is 9.90 Å². The molecule has 5 nitrogen and oxygen atoms in total. The van der Waals surface area contributed by atoms with Crippen molar-refractivity contribution in [1.29, 1.82) is 0 Å². The van der Waals surface area contributed by atoms with Crippen LogP contribution in [0.2, 0.25) is 0 Å². The summed E-state index contributed by atoms with van der Waals surface area (Å²) < 4.78 is 0. The third kappa shape index (κ3) is 3.80. The molecule has 0 saturated carbocycles. The number of aromatic nitrogens is 3. The Kier molecular flexibility index (Phi) is 5.11. The van der Waals surface area contributed by atoms with Crippen LogP contribution in [0.5, 0.6) is 0 Å². The number of hydrogen-bond acceptors (Lipinski definition) is 4. The van der Waals surface area contributed by atoms with Crippen LogP contribution in [0.3, 0.4) is 0 Å². The number of aliphatic carboxylic acids is 1. The van der Waals surface area contributed by atoms with Gasteiger partial charge in [-0.1, -0.05) is 6.07 Å². The average molecular weight is 241 g/mol. The van der Waals surface area contributed by atoms with Crippen molar-refractivity contribution in [2.75, 3.05) is 0 Å². The zero-order chi connectivity index (χ0) is 11.5. The molecule has 17 heavy (non-hydrogen) atoms. The van der Waals surface area contributed by atoms with Gasteiger partial charge in [0.25, 0.3) is 0 Å². The Morgan fingerprint density at radius 1 is 1.35 bits per heavy atom. The summed E-state index contributed by atoms with van der Waals surface area (Å²) in [5.41, 5.74) is 2.81. The molecule has 0 aliphatic rings. The van der Waals surface area contributed by atoms with Crippen molar-refractivity contribution in [2.24, 2.45) is 0 Å². The Hall–Kier alpha value is -0.910. The van der Waals surface area contributed by atoms with E-state index in [9.17, 15) is 9.90 Å². The standard InChI is InChI=1S/C11H13N3O2.Na/c1-8-4-5-9-10(7-8)13-14(12-9)6-2-3-11(15)16;/h4-5,7H,2-3,6H2,1H3,(H,15,16);/q;+1/p-1. The van der Waals surface area contributed by atoms with Crippen LogP contribution in [0.15, 0.2) is 18.2 Å². The second-order valence-electron chi connectivity index (χ2n) is 3.76. The van der Waals surface area contributed by atoms with Crippen LogP contribution in [-0.4, -0.2) is 21.0 Å². The topological polar surface area (TPSA) is 70.8 Å². The van der Waals surface area contributed by atoms with Crippen LogP contribution in [-0.2, 0) is 11.3 Å².